The molecule has 0 radical (unpaired) electrons. The maximum atomic E-state index is 12.2. The molecular weight excluding hydrogens is 471 g/mol. The third-order valence-electron chi connectivity index (χ3n) is 5.71. The van der Waals surface area contributed by atoms with E-state index in [4.69, 9.17) is 9.90 Å². The number of carboxylic acids is 1. The van der Waals surface area contributed by atoms with Crippen LogP contribution in [0.4, 0.5) is 13.2 Å². The van der Waals surface area contributed by atoms with Gasteiger partial charge in [-0.15, -0.1) is 0 Å². The van der Waals surface area contributed by atoms with Crippen LogP contribution in [0.1, 0.15) is 40.4 Å². The van der Waals surface area contributed by atoms with Gasteiger partial charge in [-0.1, -0.05) is 55.5 Å². The molecule has 3 aromatic rings. The molecule has 0 bridgehead atoms. The monoisotopic (exact) mass is 499 g/mol. The molecule has 0 unspecified atom stereocenters. The van der Waals surface area contributed by atoms with Crippen LogP contribution in [0.25, 0.3) is 11.1 Å². The van der Waals surface area contributed by atoms with E-state index in [1.807, 2.05) is 13.0 Å². The Hall–Kier alpha value is -3.72. The van der Waals surface area contributed by atoms with Crippen molar-refractivity contribution in [2.45, 2.75) is 44.9 Å². The first-order chi connectivity index (χ1) is 17.2. The van der Waals surface area contributed by atoms with Gasteiger partial charge in [-0.25, -0.2) is 4.79 Å². The maximum Gasteiger partial charge on any atom is 0.490 e. The number of carbonyl (C=O) groups is 2. The molecule has 1 aromatic heterocycles. The number of alkyl halides is 3. The second kappa shape index (κ2) is 12.3. The number of nitrogens with zero attached hydrogens (tertiary/aromatic N) is 1. The molecule has 2 aromatic carbocycles. The zero-order valence-electron chi connectivity index (χ0n) is 19.8. The summed E-state index contributed by atoms with van der Waals surface area (Å²) in [5, 5.41) is 13.7. The number of carboxylic acid groups (broad SMARTS) is 1. The van der Waals surface area contributed by atoms with Crippen LogP contribution < -0.4 is 10.6 Å². The van der Waals surface area contributed by atoms with E-state index in [0.29, 0.717) is 18.2 Å². The molecule has 1 aliphatic carbocycles. The number of pyridine rings is 1. The number of hydrogen-bond acceptors (Lipinski definition) is 4. The largest absolute Gasteiger partial charge is 0.490 e. The van der Waals surface area contributed by atoms with Gasteiger partial charge >= 0.3 is 12.1 Å². The standard InChI is InChI=1S/C25H27N3O.C2HF3O2/c1-2-11-27-25(29)23-12-22(16-26-17-23)19-9-7-18(8-10-19)15-28-24-13-20-5-3-4-6-21(20)14-24;3-2(4,5)1(6)7/h3-10,12,16-17,24,28H,2,11,13-15H2,1H3,(H,27,29);(H,6,7). The average molecular weight is 500 g/mol. The predicted molar refractivity (Wildman–Crippen MR) is 130 cm³/mol. The topological polar surface area (TPSA) is 91.3 Å². The molecule has 0 aliphatic heterocycles. The van der Waals surface area contributed by atoms with Crippen LogP contribution in [-0.2, 0) is 24.2 Å². The molecule has 9 heteroatoms. The van der Waals surface area contributed by atoms with Gasteiger partial charge in [0.25, 0.3) is 5.91 Å². The van der Waals surface area contributed by atoms with Gasteiger partial charge in [0.1, 0.15) is 0 Å². The quantitative estimate of drug-likeness (QED) is 0.435. The zero-order chi connectivity index (χ0) is 26.1. The fraction of sp³-hybridized carbons (Fsp3) is 0.296. The van der Waals surface area contributed by atoms with Crippen molar-refractivity contribution in [2.75, 3.05) is 6.54 Å². The Morgan fingerprint density at radius 1 is 1.00 bits per heavy atom. The van der Waals surface area contributed by atoms with Gasteiger partial charge in [-0.3, -0.25) is 9.78 Å². The summed E-state index contributed by atoms with van der Waals surface area (Å²) < 4.78 is 31.7. The fourth-order valence-corrected chi connectivity index (χ4v) is 3.84. The van der Waals surface area contributed by atoms with Crippen molar-refractivity contribution >= 4 is 11.9 Å². The number of halogens is 3. The van der Waals surface area contributed by atoms with Gasteiger partial charge in [0.2, 0.25) is 0 Å². The van der Waals surface area contributed by atoms with E-state index >= 15 is 0 Å². The van der Waals surface area contributed by atoms with Crippen molar-refractivity contribution in [1.29, 1.82) is 0 Å². The van der Waals surface area contributed by atoms with Crippen LogP contribution >= 0.6 is 0 Å². The summed E-state index contributed by atoms with van der Waals surface area (Å²) >= 11 is 0. The van der Waals surface area contributed by atoms with E-state index in [2.05, 4.69) is 64.1 Å². The number of benzene rings is 2. The molecule has 3 N–H and O–H groups in total. The Bertz CT molecular complexity index is 1160. The molecule has 1 heterocycles. The van der Waals surface area contributed by atoms with Crippen LogP contribution in [0.2, 0.25) is 0 Å². The molecule has 6 nitrogen and oxygen atoms in total. The van der Waals surface area contributed by atoms with Gasteiger partial charge in [0.05, 0.1) is 5.56 Å². The molecule has 190 valence electrons. The summed E-state index contributed by atoms with van der Waals surface area (Å²) in [6.07, 6.45) is 1.47. The first-order valence-corrected chi connectivity index (χ1v) is 11.6. The lowest BCUT2D eigenvalue weighted by Gasteiger charge is -2.12. The maximum absolute atomic E-state index is 12.2. The first-order valence-electron chi connectivity index (χ1n) is 11.6. The molecule has 36 heavy (non-hydrogen) atoms. The van der Waals surface area contributed by atoms with Crippen LogP contribution in [-0.4, -0.2) is 40.7 Å². The Kier molecular flexibility index (Phi) is 9.19. The SMILES string of the molecule is CCCNC(=O)c1cncc(-c2ccc(CNC3Cc4ccccc4C3)cc2)c1.O=C(O)C(F)(F)F. The van der Waals surface area contributed by atoms with Crippen molar-refractivity contribution in [1.82, 2.24) is 15.6 Å². The number of rotatable bonds is 7. The van der Waals surface area contributed by atoms with Gasteiger partial charge < -0.3 is 15.7 Å². The van der Waals surface area contributed by atoms with Crippen LogP contribution in [0.5, 0.6) is 0 Å². The number of fused-ring (bicyclic) bond motifs is 1. The fourth-order valence-electron chi connectivity index (χ4n) is 3.84. The Morgan fingerprint density at radius 2 is 1.61 bits per heavy atom. The van der Waals surface area contributed by atoms with Crippen molar-refractivity contribution in [3.63, 3.8) is 0 Å². The van der Waals surface area contributed by atoms with E-state index in [1.165, 1.54) is 16.7 Å². The summed E-state index contributed by atoms with van der Waals surface area (Å²) in [5.41, 5.74) is 6.82. The number of carbonyl (C=O) groups excluding carboxylic acids is 1. The highest BCUT2D eigenvalue weighted by molar-refractivity contribution is 5.95. The summed E-state index contributed by atoms with van der Waals surface area (Å²) in [5.74, 6) is -2.83. The van der Waals surface area contributed by atoms with E-state index in [1.54, 1.807) is 12.4 Å². The minimum Gasteiger partial charge on any atom is -0.475 e. The summed E-state index contributed by atoms with van der Waals surface area (Å²) in [4.78, 5) is 25.3. The highest BCUT2D eigenvalue weighted by Crippen LogP contribution is 2.23. The lowest BCUT2D eigenvalue weighted by molar-refractivity contribution is -0.192. The van der Waals surface area contributed by atoms with Gasteiger partial charge in [0, 0.05) is 37.1 Å². The third kappa shape index (κ3) is 7.64. The highest BCUT2D eigenvalue weighted by Gasteiger charge is 2.38. The summed E-state index contributed by atoms with van der Waals surface area (Å²) in [7, 11) is 0. The van der Waals surface area contributed by atoms with Crippen molar-refractivity contribution in [3.05, 3.63) is 89.2 Å². The van der Waals surface area contributed by atoms with Crippen molar-refractivity contribution < 1.29 is 27.9 Å². The lowest BCUT2D eigenvalue weighted by atomic mass is 10.0. The van der Waals surface area contributed by atoms with E-state index < -0.39 is 12.1 Å². The van der Waals surface area contributed by atoms with Crippen LogP contribution in [0.15, 0.2) is 67.0 Å². The summed E-state index contributed by atoms with van der Waals surface area (Å²) in [6.45, 7) is 3.57. The predicted octanol–water partition coefficient (Wildman–Crippen LogP) is 4.78. The number of nitrogens with one attached hydrogen (secondary N) is 2. The molecule has 1 amide bonds. The van der Waals surface area contributed by atoms with E-state index in [-0.39, 0.29) is 5.91 Å². The lowest BCUT2D eigenvalue weighted by Crippen LogP contribution is -2.28. The van der Waals surface area contributed by atoms with Crippen LogP contribution in [0, 0.1) is 0 Å². The second-order valence-electron chi connectivity index (χ2n) is 8.47. The Morgan fingerprint density at radius 3 is 2.17 bits per heavy atom. The molecule has 4 rings (SSSR count). The first kappa shape index (κ1) is 26.9. The Labute approximate surface area is 207 Å². The van der Waals surface area contributed by atoms with Crippen molar-refractivity contribution in [2.24, 2.45) is 0 Å². The van der Waals surface area contributed by atoms with Crippen LogP contribution in [0.3, 0.4) is 0 Å². The van der Waals surface area contributed by atoms with E-state index in [9.17, 15) is 18.0 Å². The minimum atomic E-state index is -5.08. The molecule has 0 saturated heterocycles. The molecule has 0 fully saturated rings. The number of aromatic nitrogens is 1. The number of aliphatic carboxylic acids is 1. The molecular formula is C27H28F3N3O3. The summed E-state index contributed by atoms with van der Waals surface area (Å²) in [6, 6.07) is 19.6. The van der Waals surface area contributed by atoms with Crippen molar-refractivity contribution in [3.8, 4) is 11.1 Å². The Balaban J connectivity index is 0.000000454. The second-order valence-corrected chi connectivity index (χ2v) is 8.47. The zero-order valence-corrected chi connectivity index (χ0v) is 19.8. The average Bonchev–Trinajstić information content (AvgIpc) is 3.29. The number of hydrogen-bond donors (Lipinski definition) is 3. The smallest absolute Gasteiger partial charge is 0.475 e. The molecule has 0 atom stereocenters. The highest BCUT2D eigenvalue weighted by atomic mass is 19.4. The van der Waals surface area contributed by atoms with Gasteiger partial charge in [0.15, 0.2) is 0 Å². The van der Waals surface area contributed by atoms with Gasteiger partial charge in [-0.2, -0.15) is 13.2 Å². The third-order valence-corrected chi connectivity index (χ3v) is 5.71. The molecule has 0 spiro atoms. The van der Waals surface area contributed by atoms with Gasteiger partial charge in [-0.05, 0) is 47.6 Å². The number of amides is 1. The van der Waals surface area contributed by atoms with E-state index in [0.717, 1.165) is 36.9 Å². The molecule has 1 aliphatic rings. The molecule has 0 saturated carbocycles. The normalized spacial score (nSPS) is 12.9. The minimum absolute atomic E-state index is 0.0698.